The van der Waals surface area contributed by atoms with E-state index in [1.165, 1.54) is 180 Å². The van der Waals surface area contributed by atoms with Gasteiger partial charge in [0, 0.05) is 10.8 Å². The van der Waals surface area contributed by atoms with Crippen molar-refractivity contribution in [1.29, 1.82) is 0 Å². The second-order valence-electron chi connectivity index (χ2n) is 18.6. The van der Waals surface area contributed by atoms with E-state index in [0.717, 1.165) is 11.2 Å². The van der Waals surface area contributed by atoms with Gasteiger partial charge in [-0.2, -0.15) is 0 Å². The monoisotopic (exact) mass is 723 g/mol. The van der Waals surface area contributed by atoms with E-state index in [2.05, 4.69) is 171 Å². The molecule has 0 unspecified atom stereocenters. The highest BCUT2D eigenvalue weighted by atomic mass is 16.3. The number of fused-ring (bicyclic) bond motifs is 6. The quantitative estimate of drug-likeness (QED) is 0.128. The summed E-state index contributed by atoms with van der Waals surface area (Å²) in [5.41, 5.74) is 36.3. The Labute approximate surface area is 364 Å². The van der Waals surface area contributed by atoms with Crippen LogP contribution in [0.1, 0.15) is 0 Å². The Morgan fingerprint density at radius 1 is 0.224 bits per heavy atom. The topological polar surface area (TPSA) is 13.1 Å². The highest BCUT2D eigenvalue weighted by molar-refractivity contribution is 6.75. The fourth-order valence-corrected chi connectivity index (χ4v) is 11.4. The maximum atomic E-state index is 7.21. The van der Waals surface area contributed by atoms with Crippen molar-refractivity contribution in [2.24, 2.45) is 0 Å². The molecule has 0 saturated carbocycles. The molecule has 22 heteroatoms. The number of rotatable bonds is 2. The summed E-state index contributed by atoms with van der Waals surface area (Å²) >= 11 is 0. The second kappa shape index (κ2) is 13.8. The van der Waals surface area contributed by atoms with Gasteiger partial charge in [-0.25, -0.2) is 0 Å². The van der Waals surface area contributed by atoms with Crippen molar-refractivity contribution in [3.63, 3.8) is 0 Å². The highest BCUT2D eigenvalue weighted by Gasteiger charge is 2.29. The molecule has 0 atom stereocenters. The molecule has 1 aromatic heterocycles. The van der Waals surface area contributed by atoms with Gasteiger partial charge in [-0.15, -0.1) is 49.2 Å². The van der Waals surface area contributed by atoms with Crippen LogP contribution in [-0.4, -0.2) is 165 Å². The van der Waals surface area contributed by atoms with Crippen molar-refractivity contribution in [2.45, 2.75) is 0 Å². The van der Waals surface area contributed by atoms with E-state index in [4.69, 9.17) is 4.42 Å². The molecular weight excluding hydrogens is 675 g/mol. The van der Waals surface area contributed by atoms with Crippen LogP contribution in [0.3, 0.4) is 0 Å². The lowest BCUT2D eigenvalue weighted by Gasteiger charge is -2.31. The summed E-state index contributed by atoms with van der Waals surface area (Å²) in [5, 5.41) is 10.9. The molecule has 1 nitrogen and oxygen atoms in total. The fourth-order valence-electron chi connectivity index (χ4n) is 11.4. The van der Waals surface area contributed by atoms with Crippen LogP contribution in [0.25, 0.3) is 76.5 Å². The molecule has 0 N–H and O–H groups in total. The molecule has 7 aromatic carbocycles. The summed E-state index contributed by atoms with van der Waals surface area (Å²) in [6, 6.07) is 2.43. The molecule has 0 saturated heterocycles. The Kier molecular flexibility index (Phi) is 9.78. The van der Waals surface area contributed by atoms with Gasteiger partial charge in [0.05, 0.1) is 0 Å². The van der Waals surface area contributed by atoms with Crippen LogP contribution < -0.4 is 115 Å². The van der Waals surface area contributed by atoms with Gasteiger partial charge in [0.1, 0.15) is 176 Å². The average molecular weight is 719 g/mol. The van der Waals surface area contributed by atoms with Gasteiger partial charge in [0.25, 0.3) is 0 Å². The van der Waals surface area contributed by atoms with Crippen molar-refractivity contribution in [3.05, 3.63) is 6.07 Å². The van der Waals surface area contributed by atoms with Crippen LogP contribution in [0.5, 0.6) is 0 Å². The average Bonchev–Trinajstić information content (AvgIpc) is 3.60. The predicted octanol–water partition coefficient (Wildman–Crippen LogP) is -26.2. The molecule has 0 aliphatic carbocycles. The SMILES string of the molecule is Bc1c(B)c(B)c(-c2c3c(B)c(B)c(B)c(B)c3c(-c3cc4oc5c(B)c6c(B)c(B)c(B)c(B)c6c(B)c5c4c(B)c3B)c3c(B)c(B)c(B)c(B)c23)c(B)c1B. The van der Waals surface area contributed by atoms with Gasteiger partial charge >= 0.3 is 0 Å². The Hall–Kier alpha value is -3.52. The molecule has 0 bridgehead atoms. The zero-order valence-corrected chi connectivity index (χ0v) is 39.5. The lowest BCUT2D eigenvalue weighted by atomic mass is 9.56. The number of benzene rings is 7. The van der Waals surface area contributed by atoms with Gasteiger partial charge in [-0.3, -0.25) is 0 Å². The molecule has 0 aliphatic heterocycles. The summed E-state index contributed by atoms with van der Waals surface area (Å²) in [4.78, 5) is 0. The molecule has 8 rings (SSSR count). The first-order valence-electron chi connectivity index (χ1n) is 21.5. The zero-order chi connectivity index (χ0) is 42.6. The van der Waals surface area contributed by atoms with E-state index in [-0.39, 0.29) is 0 Å². The Morgan fingerprint density at radius 2 is 0.534 bits per heavy atom. The largest absolute Gasteiger partial charge is 0.457 e. The van der Waals surface area contributed by atoms with Gasteiger partial charge < -0.3 is 4.42 Å². The van der Waals surface area contributed by atoms with Gasteiger partial charge in [0.15, 0.2) is 0 Å². The van der Waals surface area contributed by atoms with Crippen molar-refractivity contribution in [1.82, 2.24) is 0 Å². The first kappa shape index (κ1) is 41.2. The third-order valence-corrected chi connectivity index (χ3v) is 16.6. The number of hydrogen-bond donors (Lipinski definition) is 0. The first-order chi connectivity index (χ1) is 27.1. The maximum Gasteiger partial charge on any atom is 0.145 e. The summed E-state index contributed by atoms with van der Waals surface area (Å²) in [6.45, 7) is 0. The normalized spacial score (nSPS) is 11.9. The minimum atomic E-state index is 0.983. The molecule has 256 valence electrons. The first-order valence-corrected chi connectivity index (χ1v) is 21.5. The maximum absolute atomic E-state index is 7.21. The second-order valence-corrected chi connectivity index (χ2v) is 18.6. The molecule has 8 aromatic rings. The third kappa shape index (κ3) is 5.14. The summed E-state index contributed by atoms with van der Waals surface area (Å²) in [5.74, 6) is 0. The Balaban J connectivity index is 1.68. The molecular formula is C36H43B21O. The third-order valence-electron chi connectivity index (χ3n) is 16.6. The standard InChI is InChI=1S/C36H43B21O/c37-15-2(1-3-5(17(15)39)14-16(38)12-13(26(48)36(14)58-3)25(47)32(54)31(53)24(12)46)4-7-9(20(42)29(51)27(49)18(7)40)6(10-8(4)19(41)28(50)30(52)21(10)43)11-22(44)33(55)35(57)34(56)23(11)45/h1H,37-57H2. The van der Waals surface area contributed by atoms with Crippen molar-refractivity contribution in [2.75, 3.05) is 0 Å². The zero-order valence-electron chi connectivity index (χ0n) is 39.5. The molecule has 0 spiro atoms. The van der Waals surface area contributed by atoms with E-state index in [1.54, 1.807) is 0 Å². The van der Waals surface area contributed by atoms with Crippen molar-refractivity contribution in [3.8, 4) is 22.3 Å². The Morgan fingerprint density at radius 3 is 0.948 bits per heavy atom. The van der Waals surface area contributed by atoms with E-state index >= 15 is 0 Å². The van der Waals surface area contributed by atoms with Crippen molar-refractivity contribution < 1.29 is 4.42 Å². The van der Waals surface area contributed by atoms with E-state index in [9.17, 15) is 0 Å². The fraction of sp³-hybridized carbons (Fsp3) is 0. The molecule has 0 aliphatic rings. The lowest BCUT2D eigenvalue weighted by molar-refractivity contribution is 0.672. The Bertz CT molecular complexity index is 3180. The number of hydrogen-bond acceptors (Lipinski definition) is 1. The smallest absolute Gasteiger partial charge is 0.145 e. The minimum Gasteiger partial charge on any atom is -0.457 e. The van der Waals surface area contributed by atoms with Crippen LogP contribution in [0.15, 0.2) is 10.5 Å². The van der Waals surface area contributed by atoms with Crippen LogP contribution in [0.2, 0.25) is 0 Å². The highest BCUT2D eigenvalue weighted by Crippen LogP contribution is 2.40. The van der Waals surface area contributed by atoms with E-state index < -0.39 is 0 Å². The van der Waals surface area contributed by atoms with E-state index in [0.29, 0.717) is 0 Å². The summed E-state index contributed by atoms with van der Waals surface area (Å²) < 4.78 is 7.21. The number of furan rings is 1. The van der Waals surface area contributed by atoms with Crippen LogP contribution in [0.4, 0.5) is 0 Å². The minimum absolute atomic E-state index is 0.983. The van der Waals surface area contributed by atoms with Crippen LogP contribution in [0, 0.1) is 0 Å². The molecule has 0 fully saturated rings. The van der Waals surface area contributed by atoms with E-state index in [1.807, 2.05) is 0 Å². The van der Waals surface area contributed by atoms with Crippen LogP contribution in [-0.2, 0) is 0 Å². The van der Waals surface area contributed by atoms with Crippen molar-refractivity contribution >= 4 is 334 Å². The van der Waals surface area contributed by atoms with Gasteiger partial charge in [0.2, 0.25) is 0 Å². The lowest BCUT2D eigenvalue weighted by Crippen LogP contribution is -2.55. The predicted molar refractivity (Wildman–Crippen MR) is 329 cm³/mol. The van der Waals surface area contributed by atoms with Crippen LogP contribution >= 0.6 is 0 Å². The molecule has 0 radical (unpaired) electrons. The molecule has 1 heterocycles. The molecule has 0 amide bonds. The van der Waals surface area contributed by atoms with Gasteiger partial charge in [-0.05, 0) is 66.1 Å². The summed E-state index contributed by atoms with van der Waals surface area (Å²) in [6.07, 6.45) is 0. The summed E-state index contributed by atoms with van der Waals surface area (Å²) in [7, 11) is 49.1. The molecule has 58 heavy (non-hydrogen) atoms. The van der Waals surface area contributed by atoms with Gasteiger partial charge in [-0.1, -0.05) is 60.1 Å².